The van der Waals surface area contributed by atoms with E-state index in [-0.39, 0.29) is 24.8 Å². The summed E-state index contributed by atoms with van der Waals surface area (Å²) in [6.45, 7) is 4.17. The minimum Gasteiger partial charge on any atom is -0.493 e. The zero-order valence-electron chi connectivity index (χ0n) is 12.7. The van der Waals surface area contributed by atoms with Gasteiger partial charge in [-0.05, 0) is 36.2 Å². The Morgan fingerprint density at radius 3 is 2.45 bits per heavy atom. The van der Waals surface area contributed by atoms with Crippen molar-refractivity contribution >= 4 is 24.8 Å². The molecule has 4 nitrogen and oxygen atoms in total. The summed E-state index contributed by atoms with van der Waals surface area (Å²) in [5.41, 5.74) is 2.34. The second kappa shape index (κ2) is 11.1. The van der Waals surface area contributed by atoms with E-state index in [0.29, 0.717) is 6.61 Å². The van der Waals surface area contributed by atoms with Crippen LogP contribution in [0.1, 0.15) is 18.1 Å². The van der Waals surface area contributed by atoms with Crippen molar-refractivity contribution in [2.45, 2.75) is 20.0 Å². The van der Waals surface area contributed by atoms with Crippen LogP contribution in [0.2, 0.25) is 0 Å². The van der Waals surface area contributed by atoms with Crippen molar-refractivity contribution in [3.8, 4) is 11.5 Å². The number of nitrogens with zero attached hydrogens (tertiary/aromatic N) is 1. The van der Waals surface area contributed by atoms with Crippen molar-refractivity contribution < 1.29 is 9.47 Å². The summed E-state index contributed by atoms with van der Waals surface area (Å²) < 4.78 is 10.8. The Balaban J connectivity index is 0.00000220. The van der Waals surface area contributed by atoms with Gasteiger partial charge in [0, 0.05) is 25.5 Å². The van der Waals surface area contributed by atoms with Crippen LogP contribution in [-0.4, -0.2) is 18.7 Å². The van der Waals surface area contributed by atoms with Gasteiger partial charge in [-0.25, -0.2) is 0 Å². The quantitative estimate of drug-likeness (QED) is 0.832. The Hall–Kier alpha value is -1.49. The zero-order chi connectivity index (χ0) is 14.2. The van der Waals surface area contributed by atoms with E-state index in [1.807, 2.05) is 37.4 Å². The number of rotatable bonds is 7. The molecule has 122 valence electrons. The molecule has 0 aliphatic rings. The normalized spacial score (nSPS) is 9.36. The van der Waals surface area contributed by atoms with Gasteiger partial charge in [-0.1, -0.05) is 12.1 Å². The van der Waals surface area contributed by atoms with Gasteiger partial charge in [-0.2, -0.15) is 0 Å². The summed E-state index contributed by atoms with van der Waals surface area (Å²) in [5.74, 6) is 1.55. The van der Waals surface area contributed by atoms with Crippen LogP contribution in [0.25, 0.3) is 0 Å². The van der Waals surface area contributed by atoms with Crippen molar-refractivity contribution in [3.63, 3.8) is 0 Å². The molecule has 0 fully saturated rings. The van der Waals surface area contributed by atoms with E-state index in [1.54, 1.807) is 13.3 Å². The molecule has 0 aliphatic carbocycles. The summed E-state index contributed by atoms with van der Waals surface area (Å²) in [6.07, 6.45) is 3.65. The average Bonchev–Trinajstić information content (AvgIpc) is 2.49. The molecule has 0 unspecified atom stereocenters. The highest BCUT2D eigenvalue weighted by atomic mass is 35.5. The molecule has 22 heavy (non-hydrogen) atoms. The summed E-state index contributed by atoms with van der Waals surface area (Å²) in [4.78, 5) is 4.09. The lowest BCUT2D eigenvalue weighted by Crippen LogP contribution is -2.12. The maximum Gasteiger partial charge on any atom is 0.161 e. The lowest BCUT2D eigenvalue weighted by molar-refractivity contribution is 0.310. The van der Waals surface area contributed by atoms with Gasteiger partial charge in [0.25, 0.3) is 0 Å². The van der Waals surface area contributed by atoms with E-state index < -0.39 is 0 Å². The zero-order valence-corrected chi connectivity index (χ0v) is 14.4. The smallest absolute Gasteiger partial charge is 0.161 e. The predicted octanol–water partition coefficient (Wildman–Crippen LogP) is 3.62. The van der Waals surface area contributed by atoms with Gasteiger partial charge in [-0.15, -0.1) is 24.8 Å². The number of methoxy groups -OCH3 is 1. The van der Waals surface area contributed by atoms with Gasteiger partial charge in [0.15, 0.2) is 11.5 Å². The molecule has 2 aromatic rings. The number of ether oxygens (including phenoxy) is 2. The third-order valence-corrected chi connectivity index (χ3v) is 2.91. The lowest BCUT2D eigenvalue weighted by Gasteiger charge is -2.11. The minimum absolute atomic E-state index is 0. The number of benzene rings is 1. The Morgan fingerprint density at radius 2 is 1.82 bits per heavy atom. The number of pyridine rings is 1. The third kappa shape index (κ3) is 6.10. The van der Waals surface area contributed by atoms with Crippen molar-refractivity contribution in [2.24, 2.45) is 0 Å². The second-order valence-corrected chi connectivity index (χ2v) is 4.38. The Labute approximate surface area is 144 Å². The molecule has 1 N–H and O–H groups in total. The number of halogens is 2. The third-order valence-electron chi connectivity index (χ3n) is 2.91. The second-order valence-electron chi connectivity index (χ2n) is 4.38. The molecule has 6 heteroatoms. The highest BCUT2D eigenvalue weighted by molar-refractivity contribution is 5.85. The molecule has 0 saturated heterocycles. The summed E-state index contributed by atoms with van der Waals surface area (Å²) in [6, 6.07) is 9.99. The van der Waals surface area contributed by atoms with Gasteiger partial charge in [-0.3, -0.25) is 4.98 Å². The number of nitrogens with one attached hydrogen (secondary N) is 1. The Morgan fingerprint density at radius 1 is 1.05 bits per heavy atom. The summed E-state index contributed by atoms with van der Waals surface area (Å²) in [7, 11) is 1.65. The van der Waals surface area contributed by atoms with Crippen molar-refractivity contribution in [2.75, 3.05) is 13.7 Å². The average molecular weight is 345 g/mol. The highest BCUT2D eigenvalue weighted by Gasteiger charge is 2.05. The van der Waals surface area contributed by atoms with Crippen LogP contribution < -0.4 is 14.8 Å². The molecular formula is C16H22Cl2N2O2. The maximum atomic E-state index is 5.57. The molecular weight excluding hydrogens is 323 g/mol. The molecule has 0 bridgehead atoms. The summed E-state index contributed by atoms with van der Waals surface area (Å²) >= 11 is 0. The fourth-order valence-corrected chi connectivity index (χ4v) is 1.95. The van der Waals surface area contributed by atoms with Crippen LogP contribution >= 0.6 is 24.8 Å². The van der Waals surface area contributed by atoms with Crippen LogP contribution in [0, 0.1) is 0 Å². The summed E-state index contributed by atoms with van der Waals surface area (Å²) in [5, 5.41) is 3.39. The highest BCUT2D eigenvalue weighted by Crippen LogP contribution is 2.27. The van der Waals surface area contributed by atoms with Crippen LogP contribution in [0.3, 0.4) is 0 Å². The van der Waals surface area contributed by atoms with Gasteiger partial charge in [0.2, 0.25) is 0 Å². The molecule has 1 heterocycles. The first-order chi connectivity index (χ1) is 9.83. The molecule has 0 saturated carbocycles. The molecule has 0 aliphatic heterocycles. The molecule has 2 rings (SSSR count). The lowest BCUT2D eigenvalue weighted by atomic mass is 10.2. The Kier molecular flexibility index (Phi) is 10.4. The molecule has 0 atom stereocenters. The topological polar surface area (TPSA) is 43.4 Å². The maximum absolute atomic E-state index is 5.57. The monoisotopic (exact) mass is 344 g/mol. The molecule has 1 aromatic carbocycles. The molecule has 1 aromatic heterocycles. The molecule has 0 radical (unpaired) electrons. The van der Waals surface area contributed by atoms with Crippen LogP contribution in [0.5, 0.6) is 11.5 Å². The molecule has 0 amide bonds. The van der Waals surface area contributed by atoms with Gasteiger partial charge in [0.1, 0.15) is 0 Å². The van der Waals surface area contributed by atoms with E-state index in [4.69, 9.17) is 9.47 Å². The van der Waals surface area contributed by atoms with E-state index in [1.165, 1.54) is 5.56 Å². The largest absolute Gasteiger partial charge is 0.493 e. The van der Waals surface area contributed by atoms with E-state index in [9.17, 15) is 0 Å². The van der Waals surface area contributed by atoms with Crippen molar-refractivity contribution in [3.05, 3.63) is 53.9 Å². The van der Waals surface area contributed by atoms with Crippen LogP contribution in [0.4, 0.5) is 0 Å². The number of hydrogen-bond donors (Lipinski definition) is 1. The standard InChI is InChI=1S/C16H20N2O2.2ClH/c1-3-20-16-9-13(6-7-15(16)19-2)10-18-12-14-5-4-8-17-11-14;;/h4-9,11,18H,3,10,12H2,1-2H3;2*1H. The predicted molar refractivity (Wildman–Crippen MR) is 93.4 cm³/mol. The first-order valence-corrected chi connectivity index (χ1v) is 6.72. The minimum atomic E-state index is 0. The van der Waals surface area contributed by atoms with Gasteiger partial charge < -0.3 is 14.8 Å². The number of aromatic nitrogens is 1. The van der Waals surface area contributed by atoms with Crippen LogP contribution in [0.15, 0.2) is 42.7 Å². The fraction of sp³-hybridized carbons (Fsp3) is 0.312. The number of hydrogen-bond acceptors (Lipinski definition) is 4. The SMILES string of the molecule is CCOc1cc(CNCc2cccnc2)ccc1OC.Cl.Cl. The van der Waals surface area contributed by atoms with E-state index >= 15 is 0 Å². The van der Waals surface area contributed by atoms with Crippen LogP contribution in [-0.2, 0) is 13.1 Å². The first kappa shape index (κ1) is 20.5. The van der Waals surface area contributed by atoms with E-state index in [0.717, 1.165) is 30.2 Å². The van der Waals surface area contributed by atoms with Gasteiger partial charge in [0.05, 0.1) is 13.7 Å². The van der Waals surface area contributed by atoms with Gasteiger partial charge >= 0.3 is 0 Å². The van der Waals surface area contributed by atoms with Crippen molar-refractivity contribution in [1.82, 2.24) is 10.3 Å². The van der Waals surface area contributed by atoms with Crippen molar-refractivity contribution in [1.29, 1.82) is 0 Å². The fourth-order valence-electron chi connectivity index (χ4n) is 1.95. The molecule has 0 spiro atoms. The van der Waals surface area contributed by atoms with E-state index in [2.05, 4.69) is 16.4 Å². The Bertz CT molecular complexity index is 539. The first-order valence-electron chi connectivity index (χ1n) is 6.72.